The number of carboxylic acid groups (broad SMARTS) is 2. The van der Waals surface area contributed by atoms with Gasteiger partial charge in [-0.3, -0.25) is 24.7 Å². The van der Waals surface area contributed by atoms with Crippen LogP contribution in [0, 0.1) is 5.92 Å². The number of hydrogen-bond donors (Lipinski definition) is 3. The van der Waals surface area contributed by atoms with E-state index in [1.54, 1.807) is 0 Å². The Bertz CT molecular complexity index is 750. The number of rotatable bonds is 4. The standard InChI is InChI=1S/C14H14ClN3O8/c15-3-7(19)16-13(23)26-4-6-5-1-2-17(14(24)25)10-8(5)18(11(10)20)9(6)12(21)22/h5,8,10H,1-4H2,(H,21,22)(H,24,25)(H,16,19,23)/t5?,8-,10+/m1/s1. The first-order valence-electron chi connectivity index (χ1n) is 7.59. The summed E-state index contributed by atoms with van der Waals surface area (Å²) >= 11 is 5.26. The number of amides is 4. The van der Waals surface area contributed by atoms with Gasteiger partial charge in [-0.2, -0.15) is 0 Å². The number of halogens is 1. The van der Waals surface area contributed by atoms with Gasteiger partial charge in [0.15, 0.2) is 0 Å². The number of alkyl halides is 1. The topological polar surface area (TPSA) is 154 Å². The van der Waals surface area contributed by atoms with Gasteiger partial charge >= 0.3 is 18.2 Å². The molecule has 2 saturated heterocycles. The lowest BCUT2D eigenvalue weighted by atomic mass is 9.78. The highest BCUT2D eigenvalue weighted by Gasteiger charge is 2.64. The minimum Gasteiger partial charge on any atom is -0.477 e. The molecule has 2 fully saturated rings. The summed E-state index contributed by atoms with van der Waals surface area (Å²) in [5.41, 5.74) is -0.0816. The van der Waals surface area contributed by atoms with E-state index < -0.39 is 60.5 Å². The van der Waals surface area contributed by atoms with Gasteiger partial charge in [0.25, 0.3) is 5.91 Å². The van der Waals surface area contributed by atoms with Crippen LogP contribution in [0.4, 0.5) is 9.59 Å². The first-order chi connectivity index (χ1) is 12.3. The summed E-state index contributed by atoms with van der Waals surface area (Å²) in [6.45, 7) is -0.373. The molecular weight excluding hydrogens is 374 g/mol. The molecule has 12 heteroatoms. The van der Waals surface area contributed by atoms with E-state index in [1.807, 2.05) is 5.32 Å². The smallest absolute Gasteiger partial charge is 0.414 e. The number of carbonyl (C=O) groups is 5. The van der Waals surface area contributed by atoms with E-state index in [2.05, 4.69) is 0 Å². The molecule has 1 unspecified atom stereocenters. The molecule has 0 aromatic carbocycles. The number of carbonyl (C=O) groups excluding carboxylic acids is 3. The van der Waals surface area contributed by atoms with Gasteiger partial charge in [-0.25, -0.2) is 14.4 Å². The molecule has 0 aliphatic carbocycles. The number of hydrogen-bond acceptors (Lipinski definition) is 6. The molecule has 0 bridgehead atoms. The Morgan fingerprint density at radius 2 is 1.96 bits per heavy atom. The SMILES string of the molecule is O=C(CCl)NC(=O)OCC1=C(C(=O)O)N2C(=O)[C@@H]3[C@H]2C1CCN3C(=O)O. The minimum absolute atomic E-state index is 0.0636. The van der Waals surface area contributed by atoms with Crippen molar-refractivity contribution in [1.82, 2.24) is 15.1 Å². The lowest BCUT2D eigenvalue weighted by Crippen LogP contribution is -2.73. The highest BCUT2D eigenvalue weighted by molar-refractivity contribution is 6.28. The van der Waals surface area contributed by atoms with E-state index in [0.717, 1.165) is 9.80 Å². The van der Waals surface area contributed by atoms with Gasteiger partial charge in [0.05, 0.1) is 6.04 Å². The molecule has 4 amide bonds. The van der Waals surface area contributed by atoms with Crippen LogP contribution in [0.2, 0.25) is 0 Å². The van der Waals surface area contributed by atoms with Crippen molar-refractivity contribution in [3.8, 4) is 0 Å². The lowest BCUT2D eigenvalue weighted by molar-refractivity contribution is -0.161. The van der Waals surface area contributed by atoms with Crippen LogP contribution in [0.5, 0.6) is 0 Å². The molecule has 0 aromatic heterocycles. The van der Waals surface area contributed by atoms with Crippen molar-refractivity contribution in [2.24, 2.45) is 5.92 Å². The number of nitrogens with zero attached hydrogens (tertiary/aromatic N) is 2. The van der Waals surface area contributed by atoms with Crippen molar-refractivity contribution in [2.45, 2.75) is 18.5 Å². The molecule has 26 heavy (non-hydrogen) atoms. The van der Waals surface area contributed by atoms with Gasteiger partial charge < -0.3 is 14.9 Å². The van der Waals surface area contributed by atoms with Gasteiger partial charge in [0.2, 0.25) is 5.91 Å². The first kappa shape index (κ1) is 18.0. The third-order valence-electron chi connectivity index (χ3n) is 4.70. The number of ether oxygens (including phenoxy) is 1. The number of β-lactam (4-membered cyclic amide) rings is 1. The highest BCUT2D eigenvalue weighted by atomic mass is 35.5. The Labute approximate surface area is 151 Å². The molecule has 0 spiro atoms. The quantitative estimate of drug-likeness (QED) is 0.427. The second-order valence-corrected chi connectivity index (χ2v) is 6.22. The average molecular weight is 388 g/mol. The molecule has 3 aliphatic rings. The summed E-state index contributed by atoms with van der Waals surface area (Å²) in [5, 5.41) is 20.5. The maximum absolute atomic E-state index is 12.3. The van der Waals surface area contributed by atoms with E-state index in [4.69, 9.17) is 16.3 Å². The number of carboxylic acids is 1. The Morgan fingerprint density at radius 1 is 1.27 bits per heavy atom. The molecule has 3 rings (SSSR count). The van der Waals surface area contributed by atoms with Crippen molar-refractivity contribution < 1.29 is 38.9 Å². The van der Waals surface area contributed by atoms with Gasteiger partial charge in [0.1, 0.15) is 24.2 Å². The van der Waals surface area contributed by atoms with Crippen molar-refractivity contribution in [3.05, 3.63) is 11.3 Å². The number of piperidine rings is 1. The van der Waals surface area contributed by atoms with Gasteiger partial charge in [0, 0.05) is 18.0 Å². The van der Waals surface area contributed by atoms with Crippen LogP contribution in [0.25, 0.3) is 0 Å². The number of alkyl carbamates (subject to hydrolysis) is 1. The summed E-state index contributed by atoms with van der Waals surface area (Å²) < 4.78 is 4.89. The van der Waals surface area contributed by atoms with Crippen LogP contribution in [0.1, 0.15) is 6.42 Å². The first-order valence-corrected chi connectivity index (χ1v) is 8.13. The van der Waals surface area contributed by atoms with Crippen molar-refractivity contribution >= 4 is 41.6 Å². The van der Waals surface area contributed by atoms with Crippen LogP contribution < -0.4 is 5.32 Å². The zero-order valence-corrected chi connectivity index (χ0v) is 13.9. The summed E-state index contributed by atoms with van der Waals surface area (Å²) in [5.74, 6) is -3.64. The number of imide groups is 1. The molecule has 3 N–H and O–H groups in total. The average Bonchev–Trinajstić information content (AvgIpc) is 2.91. The Hall–Kier alpha value is -2.82. The Balaban J connectivity index is 1.80. The molecule has 3 aliphatic heterocycles. The van der Waals surface area contributed by atoms with Crippen molar-refractivity contribution in [2.75, 3.05) is 19.0 Å². The summed E-state index contributed by atoms with van der Waals surface area (Å²) in [4.78, 5) is 59.8. The molecule has 0 radical (unpaired) electrons. The molecule has 140 valence electrons. The predicted molar refractivity (Wildman–Crippen MR) is 82.1 cm³/mol. The predicted octanol–water partition coefficient (Wildman–Crippen LogP) is -0.590. The normalized spacial score (nSPS) is 26.2. The minimum atomic E-state index is -1.37. The van der Waals surface area contributed by atoms with E-state index in [1.165, 1.54) is 0 Å². The molecular formula is C14H14ClN3O8. The maximum atomic E-state index is 12.3. The fraction of sp³-hybridized carbons (Fsp3) is 0.500. The van der Waals surface area contributed by atoms with Crippen LogP contribution in [-0.2, 0) is 19.1 Å². The summed E-state index contributed by atoms with van der Waals surface area (Å²) in [6, 6.07) is -1.56. The zero-order chi connectivity index (χ0) is 19.2. The second-order valence-electron chi connectivity index (χ2n) is 5.95. The lowest BCUT2D eigenvalue weighted by Gasteiger charge is -2.52. The van der Waals surface area contributed by atoms with Crippen LogP contribution >= 0.6 is 11.6 Å². The Morgan fingerprint density at radius 3 is 2.54 bits per heavy atom. The van der Waals surface area contributed by atoms with E-state index in [-0.39, 0.29) is 24.2 Å². The Kier molecular flexibility index (Phi) is 4.48. The van der Waals surface area contributed by atoms with Crippen molar-refractivity contribution in [1.29, 1.82) is 0 Å². The molecule has 3 atom stereocenters. The number of likely N-dealkylation sites (tertiary alicyclic amines) is 1. The van der Waals surface area contributed by atoms with E-state index >= 15 is 0 Å². The summed E-state index contributed by atoms with van der Waals surface area (Å²) in [7, 11) is 0. The number of nitrogens with one attached hydrogen (secondary N) is 1. The molecule has 0 saturated carbocycles. The second kappa shape index (κ2) is 6.48. The highest BCUT2D eigenvalue weighted by Crippen LogP contribution is 2.48. The van der Waals surface area contributed by atoms with Crippen LogP contribution in [-0.4, -0.2) is 81.1 Å². The van der Waals surface area contributed by atoms with Crippen LogP contribution in [0.15, 0.2) is 11.3 Å². The van der Waals surface area contributed by atoms with Gasteiger partial charge in [-0.1, -0.05) is 0 Å². The summed E-state index contributed by atoms with van der Waals surface area (Å²) in [6.07, 6.45) is -2.05. The van der Waals surface area contributed by atoms with Crippen molar-refractivity contribution in [3.63, 3.8) is 0 Å². The fourth-order valence-corrected chi connectivity index (χ4v) is 3.79. The van der Waals surface area contributed by atoms with Gasteiger partial charge in [-0.05, 0) is 6.42 Å². The fourth-order valence-electron chi connectivity index (χ4n) is 3.73. The molecule has 11 nitrogen and oxygen atoms in total. The van der Waals surface area contributed by atoms with E-state index in [0.29, 0.717) is 0 Å². The third kappa shape index (κ3) is 2.64. The molecule has 3 heterocycles. The zero-order valence-electron chi connectivity index (χ0n) is 13.2. The molecule has 0 aromatic rings. The number of aliphatic carboxylic acids is 1. The maximum Gasteiger partial charge on any atom is 0.414 e. The van der Waals surface area contributed by atoms with Gasteiger partial charge in [-0.15, -0.1) is 11.6 Å². The largest absolute Gasteiger partial charge is 0.477 e. The van der Waals surface area contributed by atoms with Crippen LogP contribution in [0.3, 0.4) is 0 Å². The van der Waals surface area contributed by atoms with E-state index in [9.17, 15) is 34.2 Å². The monoisotopic (exact) mass is 387 g/mol. The third-order valence-corrected chi connectivity index (χ3v) is 4.95.